The Bertz CT molecular complexity index is 402. The minimum atomic E-state index is -0.167. The fourth-order valence-corrected chi connectivity index (χ4v) is 2.36. The van der Waals surface area contributed by atoms with Crippen molar-refractivity contribution in [2.75, 3.05) is 27.4 Å². The maximum Gasteiger partial charge on any atom is 0.122 e. The third kappa shape index (κ3) is 1.98. The molecule has 0 radical (unpaired) electrons. The van der Waals surface area contributed by atoms with Crippen molar-refractivity contribution < 1.29 is 14.6 Å². The largest absolute Gasteiger partial charge is 0.497 e. The number of ether oxygens (including phenoxy) is 2. The fraction of sp³-hybridized carbons (Fsp3) is 0.538. The molecule has 1 aromatic rings. The molecule has 0 unspecified atom stereocenters. The highest BCUT2D eigenvalue weighted by Crippen LogP contribution is 2.60. The van der Waals surface area contributed by atoms with Crippen LogP contribution in [0.4, 0.5) is 0 Å². The van der Waals surface area contributed by atoms with Gasteiger partial charge in [-0.1, -0.05) is 0 Å². The molecule has 94 valence electrons. The number of methoxy groups -OCH3 is 2. The second-order valence-corrected chi connectivity index (χ2v) is 4.59. The topological polar surface area (TPSA) is 64.7 Å². The summed E-state index contributed by atoms with van der Waals surface area (Å²) in [6, 6.07) is 5.73. The maximum atomic E-state index is 9.43. The highest BCUT2D eigenvalue weighted by molar-refractivity contribution is 5.46. The van der Waals surface area contributed by atoms with Crippen molar-refractivity contribution in [3.8, 4) is 11.5 Å². The van der Waals surface area contributed by atoms with E-state index in [1.54, 1.807) is 14.2 Å². The number of hydrogen-bond donors (Lipinski definition) is 2. The van der Waals surface area contributed by atoms with Crippen LogP contribution in [0.1, 0.15) is 17.9 Å². The summed E-state index contributed by atoms with van der Waals surface area (Å²) in [6.07, 6.45) is 0.906. The molecule has 2 atom stereocenters. The van der Waals surface area contributed by atoms with E-state index >= 15 is 0 Å². The van der Waals surface area contributed by atoms with Crippen molar-refractivity contribution in [3.05, 3.63) is 23.8 Å². The van der Waals surface area contributed by atoms with Crippen LogP contribution in [-0.4, -0.2) is 32.5 Å². The van der Waals surface area contributed by atoms with Gasteiger partial charge in [-0.05, 0) is 30.5 Å². The van der Waals surface area contributed by atoms with Crippen molar-refractivity contribution >= 4 is 0 Å². The van der Waals surface area contributed by atoms with Crippen molar-refractivity contribution in [3.63, 3.8) is 0 Å². The second-order valence-electron chi connectivity index (χ2n) is 4.59. The summed E-state index contributed by atoms with van der Waals surface area (Å²) >= 11 is 0. The van der Waals surface area contributed by atoms with Crippen LogP contribution >= 0.6 is 0 Å². The second kappa shape index (κ2) is 4.55. The Labute approximate surface area is 101 Å². The molecule has 0 heterocycles. The minimum absolute atomic E-state index is 0.120. The van der Waals surface area contributed by atoms with Crippen LogP contribution in [0.2, 0.25) is 0 Å². The zero-order valence-corrected chi connectivity index (χ0v) is 10.3. The zero-order valence-electron chi connectivity index (χ0n) is 10.3. The number of hydrogen-bond acceptors (Lipinski definition) is 4. The quantitative estimate of drug-likeness (QED) is 0.805. The zero-order chi connectivity index (χ0) is 12.5. The van der Waals surface area contributed by atoms with Gasteiger partial charge in [-0.25, -0.2) is 0 Å². The highest BCUT2D eigenvalue weighted by atomic mass is 16.5. The van der Waals surface area contributed by atoms with Crippen LogP contribution in [0.15, 0.2) is 18.2 Å². The summed E-state index contributed by atoms with van der Waals surface area (Å²) in [6.45, 7) is 0.614. The normalized spacial score (nSPS) is 26.7. The van der Waals surface area contributed by atoms with E-state index in [1.165, 1.54) is 0 Å². The van der Waals surface area contributed by atoms with E-state index in [9.17, 15) is 5.11 Å². The number of aliphatic hydroxyl groups excluding tert-OH is 1. The third-order valence-corrected chi connectivity index (χ3v) is 3.72. The van der Waals surface area contributed by atoms with Crippen LogP contribution in [0, 0.1) is 5.41 Å². The van der Waals surface area contributed by atoms with E-state index in [2.05, 4.69) is 0 Å². The predicted molar refractivity (Wildman–Crippen MR) is 65.5 cm³/mol. The number of benzene rings is 1. The molecule has 0 aromatic heterocycles. The van der Waals surface area contributed by atoms with Crippen molar-refractivity contribution in [1.82, 2.24) is 0 Å². The number of nitrogens with two attached hydrogens (primary N) is 1. The molecule has 0 amide bonds. The van der Waals surface area contributed by atoms with E-state index in [4.69, 9.17) is 15.2 Å². The molecule has 1 aliphatic carbocycles. The van der Waals surface area contributed by atoms with Gasteiger partial charge >= 0.3 is 0 Å². The van der Waals surface area contributed by atoms with E-state index < -0.39 is 0 Å². The molecule has 4 nitrogen and oxygen atoms in total. The Kier molecular flexibility index (Phi) is 3.26. The Morgan fingerprint density at radius 3 is 2.65 bits per heavy atom. The Morgan fingerprint density at radius 2 is 2.18 bits per heavy atom. The van der Waals surface area contributed by atoms with E-state index in [1.807, 2.05) is 18.2 Å². The number of rotatable bonds is 5. The van der Waals surface area contributed by atoms with Gasteiger partial charge < -0.3 is 20.3 Å². The SMILES string of the molecule is COc1ccc(OC)c([C@@H]2C[C@]2(CN)CO)c1. The van der Waals surface area contributed by atoms with Crippen LogP contribution in [0.3, 0.4) is 0 Å². The molecule has 1 aromatic carbocycles. The lowest BCUT2D eigenvalue weighted by atomic mass is 9.99. The molecule has 0 saturated heterocycles. The highest BCUT2D eigenvalue weighted by Gasteiger charge is 2.54. The molecule has 1 fully saturated rings. The fourth-order valence-electron chi connectivity index (χ4n) is 2.36. The van der Waals surface area contributed by atoms with Gasteiger partial charge in [0, 0.05) is 17.5 Å². The van der Waals surface area contributed by atoms with Gasteiger partial charge in [-0.3, -0.25) is 0 Å². The predicted octanol–water partition coefficient (Wildman–Crippen LogP) is 1.13. The van der Waals surface area contributed by atoms with Crippen LogP contribution in [0.5, 0.6) is 11.5 Å². The van der Waals surface area contributed by atoms with Crippen LogP contribution < -0.4 is 15.2 Å². The molecule has 2 rings (SSSR count). The van der Waals surface area contributed by atoms with Crippen molar-refractivity contribution in [2.45, 2.75) is 12.3 Å². The molecule has 3 N–H and O–H groups in total. The monoisotopic (exact) mass is 237 g/mol. The third-order valence-electron chi connectivity index (χ3n) is 3.72. The first-order valence-corrected chi connectivity index (χ1v) is 5.73. The Hall–Kier alpha value is -1.26. The van der Waals surface area contributed by atoms with Gasteiger partial charge in [0.1, 0.15) is 11.5 Å². The van der Waals surface area contributed by atoms with Gasteiger partial charge in [-0.15, -0.1) is 0 Å². The van der Waals surface area contributed by atoms with Gasteiger partial charge in [-0.2, -0.15) is 0 Å². The summed E-state index contributed by atoms with van der Waals surface area (Å²) in [5.74, 6) is 1.90. The molecule has 0 aliphatic heterocycles. The van der Waals surface area contributed by atoms with Gasteiger partial charge in [0.15, 0.2) is 0 Å². The Morgan fingerprint density at radius 1 is 1.41 bits per heavy atom. The van der Waals surface area contributed by atoms with Gasteiger partial charge in [0.25, 0.3) is 0 Å². The van der Waals surface area contributed by atoms with Crippen LogP contribution in [0.25, 0.3) is 0 Å². The van der Waals surface area contributed by atoms with E-state index in [0.29, 0.717) is 6.54 Å². The van der Waals surface area contributed by atoms with Crippen molar-refractivity contribution in [1.29, 1.82) is 0 Å². The van der Waals surface area contributed by atoms with Crippen molar-refractivity contribution in [2.24, 2.45) is 11.1 Å². The van der Waals surface area contributed by atoms with Crippen LogP contribution in [-0.2, 0) is 0 Å². The summed E-state index contributed by atoms with van der Waals surface area (Å²) in [7, 11) is 3.29. The molecule has 0 spiro atoms. The Balaban J connectivity index is 2.32. The average molecular weight is 237 g/mol. The minimum Gasteiger partial charge on any atom is -0.497 e. The first-order valence-electron chi connectivity index (χ1n) is 5.73. The molecule has 1 saturated carbocycles. The lowest BCUT2D eigenvalue weighted by Gasteiger charge is -2.14. The smallest absolute Gasteiger partial charge is 0.122 e. The molecular formula is C13H19NO3. The number of aliphatic hydroxyl groups is 1. The summed E-state index contributed by atoms with van der Waals surface area (Å²) in [5.41, 5.74) is 6.65. The van der Waals surface area contributed by atoms with E-state index in [-0.39, 0.29) is 17.9 Å². The summed E-state index contributed by atoms with van der Waals surface area (Å²) in [5, 5.41) is 9.43. The standard InChI is InChI=1S/C13H19NO3/c1-16-9-3-4-12(17-2)10(5-9)11-6-13(11,7-14)8-15/h3-5,11,15H,6-8,14H2,1-2H3/t11-,13-/m0/s1. The van der Waals surface area contributed by atoms with E-state index in [0.717, 1.165) is 23.5 Å². The van der Waals surface area contributed by atoms with Gasteiger partial charge in [0.05, 0.1) is 20.8 Å². The first-order chi connectivity index (χ1) is 8.20. The molecule has 17 heavy (non-hydrogen) atoms. The molecular weight excluding hydrogens is 218 g/mol. The maximum absolute atomic E-state index is 9.43. The van der Waals surface area contributed by atoms with Gasteiger partial charge in [0.2, 0.25) is 0 Å². The molecule has 0 bridgehead atoms. The summed E-state index contributed by atoms with van der Waals surface area (Å²) < 4.78 is 10.6. The average Bonchev–Trinajstić information content (AvgIpc) is 3.13. The lowest BCUT2D eigenvalue weighted by Crippen LogP contribution is -2.21. The molecule has 4 heteroatoms. The lowest BCUT2D eigenvalue weighted by molar-refractivity contribution is 0.211. The first kappa shape index (κ1) is 12.2. The summed E-state index contributed by atoms with van der Waals surface area (Å²) in [4.78, 5) is 0. The molecule has 1 aliphatic rings.